The minimum Gasteiger partial charge on any atom is -0.384 e. The summed E-state index contributed by atoms with van der Waals surface area (Å²) in [6.45, 7) is 3.57. The molecule has 5 heteroatoms. The molecular formula is C11H15N5. The van der Waals surface area contributed by atoms with Gasteiger partial charge in [-0.3, -0.25) is 0 Å². The summed E-state index contributed by atoms with van der Waals surface area (Å²) in [7, 11) is 0. The van der Waals surface area contributed by atoms with Crippen molar-refractivity contribution in [3.05, 3.63) is 11.9 Å². The largest absolute Gasteiger partial charge is 0.384 e. The zero-order valence-electron chi connectivity index (χ0n) is 9.35. The van der Waals surface area contributed by atoms with E-state index >= 15 is 0 Å². The highest BCUT2D eigenvalue weighted by atomic mass is 15.2. The molecule has 1 aromatic heterocycles. The summed E-state index contributed by atoms with van der Waals surface area (Å²) in [5.41, 5.74) is 5.69. The number of piperidine rings is 1. The topological polar surface area (TPSA) is 78.8 Å². The molecule has 0 saturated carbocycles. The first-order chi connectivity index (χ1) is 7.69. The summed E-state index contributed by atoms with van der Waals surface area (Å²) < 4.78 is 0. The maximum atomic E-state index is 8.82. The van der Waals surface area contributed by atoms with E-state index in [0.717, 1.165) is 31.7 Å². The van der Waals surface area contributed by atoms with Crippen molar-refractivity contribution in [3.63, 3.8) is 0 Å². The number of hydrogen-bond donors (Lipinski definition) is 1. The third-order valence-corrected chi connectivity index (χ3v) is 2.85. The maximum Gasteiger partial charge on any atom is 0.134 e. The third-order valence-electron chi connectivity index (χ3n) is 2.85. The molecule has 1 fully saturated rings. The van der Waals surface area contributed by atoms with Crippen LogP contribution in [0.3, 0.4) is 0 Å². The van der Waals surface area contributed by atoms with Crippen molar-refractivity contribution in [1.29, 1.82) is 5.26 Å². The van der Waals surface area contributed by atoms with Gasteiger partial charge in [-0.2, -0.15) is 5.26 Å². The van der Waals surface area contributed by atoms with Crippen LogP contribution in [-0.4, -0.2) is 23.1 Å². The molecular weight excluding hydrogens is 202 g/mol. The molecule has 1 aromatic rings. The van der Waals surface area contributed by atoms with Crippen LogP contribution in [0.2, 0.25) is 0 Å². The number of anilines is 2. The summed E-state index contributed by atoms with van der Waals surface area (Å²) in [4.78, 5) is 10.6. The fourth-order valence-corrected chi connectivity index (χ4v) is 1.97. The molecule has 0 aliphatic carbocycles. The third kappa shape index (κ3) is 2.22. The molecule has 84 valence electrons. The van der Waals surface area contributed by atoms with E-state index in [1.165, 1.54) is 0 Å². The van der Waals surface area contributed by atoms with Gasteiger partial charge >= 0.3 is 0 Å². The van der Waals surface area contributed by atoms with Crippen molar-refractivity contribution in [1.82, 2.24) is 9.97 Å². The molecule has 2 heterocycles. The minimum absolute atomic E-state index is 0.191. The molecule has 1 saturated heterocycles. The van der Waals surface area contributed by atoms with Crippen LogP contribution in [0, 0.1) is 24.2 Å². The number of nitrogens with two attached hydrogens (primary N) is 1. The number of nitrogens with zero attached hydrogens (tertiary/aromatic N) is 4. The molecule has 0 aromatic carbocycles. The average Bonchev–Trinajstić information content (AvgIpc) is 2.28. The van der Waals surface area contributed by atoms with E-state index < -0.39 is 0 Å². The lowest BCUT2D eigenvalue weighted by atomic mass is 9.99. The van der Waals surface area contributed by atoms with E-state index in [2.05, 4.69) is 20.9 Å². The van der Waals surface area contributed by atoms with Crippen LogP contribution in [0.4, 0.5) is 11.6 Å². The number of rotatable bonds is 1. The number of nitriles is 1. The van der Waals surface area contributed by atoms with Crippen molar-refractivity contribution >= 4 is 11.6 Å². The zero-order valence-corrected chi connectivity index (χ0v) is 9.35. The SMILES string of the molecule is Cc1nc(N)cc(N2CCC(C#N)CC2)n1. The van der Waals surface area contributed by atoms with Gasteiger partial charge in [-0.15, -0.1) is 0 Å². The molecule has 0 spiro atoms. The molecule has 0 radical (unpaired) electrons. The Morgan fingerprint density at radius 1 is 1.44 bits per heavy atom. The van der Waals surface area contributed by atoms with E-state index in [4.69, 9.17) is 11.0 Å². The Hall–Kier alpha value is -1.83. The second-order valence-corrected chi connectivity index (χ2v) is 4.09. The van der Waals surface area contributed by atoms with Gasteiger partial charge in [0, 0.05) is 25.1 Å². The standard InChI is InChI=1S/C11H15N5/c1-8-14-10(13)6-11(15-8)16-4-2-9(7-12)3-5-16/h6,9H,2-5H2,1H3,(H2,13,14,15). The van der Waals surface area contributed by atoms with Crippen LogP contribution in [-0.2, 0) is 0 Å². The molecule has 16 heavy (non-hydrogen) atoms. The second kappa shape index (κ2) is 4.35. The quantitative estimate of drug-likeness (QED) is 0.762. The van der Waals surface area contributed by atoms with E-state index in [0.29, 0.717) is 11.6 Å². The van der Waals surface area contributed by atoms with Gasteiger partial charge in [0.25, 0.3) is 0 Å². The Kier molecular flexibility index (Phi) is 2.91. The van der Waals surface area contributed by atoms with Gasteiger partial charge < -0.3 is 10.6 Å². The van der Waals surface area contributed by atoms with Crippen LogP contribution in [0.1, 0.15) is 18.7 Å². The predicted molar refractivity (Wildman–Crippen MR) is 61.7 cm³/mol. The Balaban J connectivity index is 2.11. The minimum atomic E-state index is 0.191. The summed E-state index contributed by atoms with van der Waals surface area (Å²) in [6, 6.07) is 4.11. The average molecular weight is 217 g/mol. The summed E-state index contributed by atoms with van der Waals surface area (Å²) >= 11 is 0. The van der Waals surface area contributed by atoms with Gasteiger partial charge in [0.05, 0.1) is 6.07 Å². The fourth-order valence-electron chi connectivity index (χ4n) is 1.97. The van der Waals surface area contributed by atoms with Crippen LogP contribution in [0.5, 0.6) is 0 Å². The normalized spacial score (nSPS) is 17.1. The maximum absolute atomic E-state index is 8.82. The molecule has 5 nitrogen and oxygen atoms in total. The highest BCUT2D eigenvalue weighted by molar-refractivity contribution is 5.47. The number of nitrogen functional groups attached to an aromatic ring is 1. The Labute approximate surface area is 94.9 Å². The lowest BCUT2D eigenvalue weighted by Crippen LogP contribution is -2.34. The molecule has 0 amide bonds. The number of aromatic nitrogens is 2. The molecule has 0 unspecified atom stereocenters. The zero-order chi connectivity index (χ0) is 11.5. The fraction of sp³-hybridized carbons (Fsp3) is 0.545. The molecule has 2 N–H and O–H groups in total. The monoisotopic (exact) mass is 217 g/mol. The summed E-state index contributed by atoms with van der Waals surface area (Å²) in [5.74, 6) is 2.26. The summed E-state index contributed by atoms with van der Waals surface area (Å²) in [5, 5.41) is 8.82. The van der Waals surface area contributed by atoms with Crippen LogP contribution >= 0.6 is 0 Å². The lowest BCUT2D eigenvalue weighted by molar-refractivity contribution is 0.485. The van der Waals surface area contributed by atoms with Gasteiger partial charge in [0.2, 0.25) is 0 Å². The molecule has 0 bridgehead atoms. The summed E-state index contributed by atoms with van der Waals surface area (Å²) in [6.07, 6.45) is 1.80. The van der Waals surface area contributed by atoms with Gasteiger partial charge in [-0.25, -0.2) is 9.97 Å². The number of aryl methyl sites for hydroxylation is 1. The first-order valence-electron chi connectivity index (χ1n) is 5.45. The highest BCUT2D eigenvalue weighted by Crippen LogP contribution is 2.22. The van der Waals surface area contributed by atoms with Gasteiger partial charge in [-0.1, -0.05) is 0 Å². The van der Waals surface area contributed by atoms with E-state index in [1.807, 2.05) is 6.92 Å². The van der Waals surface area contributed by atoms with Crippen LogP contribution < -0.4 is 10.6 Å². The van der Waals surface area contributed by atoms with Crippen molar-refractivity contribution in [2.45, 2.75) is 19.8 Å². The second-order valence-electron chi connectivity index (χ2n) is 4.09. The first-order valence-corrected chi connectivity index (χ1v) is 5.45. The Bertz CT molecular complexity index is 395. The van der Waals surface area contributed by atoms with E-state index in [9.17, 15) is 0 Å². The van der Waals surface area contributed by atoms with Crippen LogP contribution in [0.25, 0.3) is 0 Å². The van der Waals surface area contributed by atoms with Gasteiger partial charge in [-0.05, 0) is 19.8 Å². The molecule has 1 aliphatic rings. The molecule has 0 atom stereocenters. The van der Waals surface area contributed by atoms with E-state index in [1.54, 1.807) is 6.07 Å². The molecule has 2 rings (SSSR count). The van der Waals surface area contributed by atoms with E-state index in [-0.39, 0.29) is 5.92 Å². The molecule has 1 aliphatic heterocycles. The first kappa shape index (κ1) is 10.7. The predicted octanol–water partition coefficient (Wildman–Crippen LogP) is 1.11. The highest BCUT2D eigenvalue weighted by Gasteiger charge is 2.20. The van der Waals surface area contributed by atoms with Crippen LogP contribution in [0.15, 0.2) is 6.07 Å². The smallest absolute Gasteiger partial charge is 0.134 e. The van der Waals surface area contributed by atoms with Gasteiger partial charge in [0.15, 0.2) is 0 Å². The Morgan fingerprint density at radius 2 is 2.12 bits per heavy atom. The van der Waals surface area contributed by atoms with Crippen molar-refractivity contribution < 1.29 is 0 Å². The van der Waals surface area contributed by atoms with Crippen molar-refractivity contribution in [2.75, 3.05) is 23.7 Å². The van der Waals surface area contributed by atoms with Crippen molar-refractivity contribution in [3.8, 4) is 6.07 Å². The van der Waals surface area contributed by atoms with Gasteiger partial charge in [0.1, 0.15) is 17.5 Å². The Morgan fingerprint density at radius 3 is 2.69 bits per heavy atom. The number of hydrogen-bond acceptors (Lipinski definition) is 5. The lowest BCUT2D eigenvalue weighted by Gasteiger charge is -2.30. The van der Waals surface area contributed by atoms with Crippen molar-refractivity contribution in [2.24, 2.45) is 5.92 Å².